The molecule has 22 heavy (non-hydrogen) atoms. The molecule has 0 bridgehead atoms. The van der Waals surface area contributed by atoms with Crippen molar-refractivity contribution < 1.29 is 28.5 Å². The lowest BCUT2D eigenvalue weighted by atomic mass is 10.5. The SMILES string of the molecule is O=C1C=CC(=O)N1CCOCCOCCOCCOCCCl. The van der Waals surface area contributed by atoms with Gasteiger partial charge in [0.2, 0.25) is 0 Å². The van der Waals surface area contributed by atoms with Gasteiger partial charge >= 0.3 is 0 Å². The Morgan fingerprint density at radius 3 is 1.59 bits per heavy atom. The Labute approximate surface area is 135 Å². The molecule has 126 valence electrons. The van der Waals surface area contributed by atoms with Crippen molar-refractivity contribution in [2.75, 3.05) is 65.3 Å². The summed E-state index contributed by atoms with van der Waals surface area (Å²) in [6.45, 7) is 3.95. The lowest BCUT2D eigenvalue weighted by molar-refractivity contribution is -0.137. The fourth-order valence-electron chi connectivity index (χ4n) is 1.62. The number of halogens is 1. The minimum Gasteiger partial charge on any atom is -0.378 e. The zero-order chi connectivity index (χ0) is 16.0. The van der Waals surface area contributed by atoms with E-state index in [9.17, 15) is 9.59 Å². The van der Waals surface area contributed by atoms with Gasteiger partial charge in [-0.2, -0.15) is 0 Å². The van der Waals surface area contributed by atoms with E-state index in [0.29, 0.717) is 58.7 Å². The minimum absolute atomic E-state index is 0.260. The van der Waals surface area contributed by atoms with Gasteiger partial charge in [0.15, 0.2) is 0 Å². The van der Waals surface area contributed by atoms with E-state index >= 15 is 0 Å². The Balaban J connectivity index is 1.79. The number of rotatable bonds is 14. The minimum atomic E-state index is -0.294. The first kappa shape index (κ1) is 19.1. The molecule has 0 saturated carbocycles. The van der Waals surface area contributed by atoms with E-state index in [1.54, 1.807) is 0 Å². The number of alkyl halides is 1. The van der Waals surface area contributed by atoms with Gasteiger partial charge in [0.1, 0.15) is 0 Å². The molecular formula is C14H22ClNO6. The summed E-state index contributed by atoms with van der Waals surface area (Å²) in [5.74, 6) is -0.103. The highest BCUT2D eigenvalue weighted by molar-refractivity contribution is 6.18. The van der Waals surface area contributed by atoms with Crippen LogP contribution in [0.1, 0.15) is 0 Å². The Kier molecular flexibility index (Phi) is 10.9. The third-order valence-corrected chi connectivity index (χ3v) is 2.85. The van der Waals surface area contributed by atoms with Crippen LogP contribution in [0.2, 0.25) is 0 Å². The van der Waals surface area contributed by atoms with Crippen LogP contribution in [0, 0.1) is 0 Å². The molecule has 2 amide bonds. The first-order valence-electron chi connectivity index (χ1n) is 7.16. The predicted octanol–water partition coefficient (Wildman–Crippen LogP) is 0.217. The molecule has 1 rings (SSSR count). The molecule has 0 aromatic heterocycles. The summed E-state index contributed by atoms with van der Waals surface area (Å²) >= 11 is 5.45. The van der Waals surface area contributed by atoms with E-state index in [1.807, 2.05) is 0 Å². The van der Waals surface area contributed by atoms with Gasteiger partial charge in [0.25, 0.3) is 11.8 Å². The van der Waals surface area contributed by atoms with Crippen LogP contribution in [0.25, 0.3) is 0 Å². The summed E-state index contributed by atoms with van der Waals surface area (Å²) in [7, 11) is 0. The maximum absolute atomic E-state index is 11.2. The molecule has 1 heterocycles. The molecule has 0 unspecified atom stereocenters. The van der Waals surface area contributed by atoms with Crippen molar-refractivity contribution in [2.24, 2.45) is 0 Å². The first-order valence-corrected chi connectivity index (χ1v) is 7.69. The number of imide groups is 1. The monoisotopic (exact) mass is 335 g/mol. The molecule has 0 spiro atoms. The number of nitrogens with zero attached hydrogens (tertiary/aromatic N) is 1. The van der Waals surface area contributed by atoms with E-state index in [4.69, 9.17) is 30.5 Å². The topological polar surface area (TPSA) is 74.3 Å². The molecule has 0 fully saturated rings. The molecule has 8 heteroatoms. The van der Waals surface area contributed by atoms with Crippen molar-refractivity contribution in [2.45, 2.75) is 0 Å². The van der Waals surface area contributed by atoms with Crippen molar-refractivity contribution in [3.05, 3.63) is 12.2 Å². The third kappa shape index (κ3) is 8.45. The van der Waals surface area contributed by atoms with Crippen molar-refractivity contribution in [3.63, 3.8) is 0 Å². The second-order valence-corrected chi connectivity index (χ2v) is 4.68. The summed E-state index contributed by atoms with van der Waals surface area (Å²) in [5.41, 5.74) is 0. The van der Waals surface area contributed by atoms with Crippen LogP contribution < -0.4 is 0 Å². The van der Waals surface area contributed by atoms with Crippen molar-refractivity contribution in [1.82, 2.24) is 4.90 Å². The van der Waals surface area contributed by atoms with Gasteiger partial charge in [0.05, 0.1) is 59.4 Å². The van der Waals surface area contributed by atoms with Crippen LogP contribution in [0.5, 0.6) is 0 Å². The smallest absolute Gasteiger partial charge is 0.253 e. The molecule has 0 radical (unpaired) electrons. The summed E-state index contributed by atoms with van der Waals surface area (Å²) in [6, 6.07) is 0. The molecule has 0 aromatic carbocycles. The number of hydrogen-bond donors (Lipinski definition) is 0. The number of ether oxygens (including phenoxy) is 4. The Morgan fingerprint density at radius 2 is 1.14 bits per heavy atom. The number of carbonyl (C=O) groups excluding carboxylic acids is 2. The number of amides is 2. The third-order valence-electron chi connectivity index (χ3n) is 2.70. The fourth-order valence-corrected chi connectivity index (χ4v) is 1.73. The molecular weight excluding hydrogens is 314 g/mol. The molecule has 7 nitrogen and oxygen atoms in total. The van der Waals surface area contributed by atoms with Crippen LogP contribution in [0.4, 0.5) is 0 Å². The van der Waals surface area contributed by atoms with Gasteiger partial charge in [-0.25, -0.2) is 0 Å². The van der Waals surface area contributed by atoms with Gasteiger partial charge < -0.3 is 18.9 Å². The zero-order valence-corrected chi connectivity index (χ0v) is 13.3. The Hall–Kier alpha value is -0.990. The van der Waals surface area contributed by atoms with Crippen LogP contribution in [0.3, 0.4) is 0 Å². The Bertz CT molecular complexity index is 345. The molecule has 1 aliphatic rings. The predicted molar refractivity (Wildman–Crippen MR) is 79.9 cm³/mol. The highest BCUT2D eigenvalue weighted by Crippen LogP contribution is 2.02. The van der Waals surface area contributed by atoms with E-state index in [0.717, 1.165) is 4.90 Å². The molecule has 0 aromatic rings. The lowest BCUT2D eigenvalue weighted by Crippen LogP contribution is -2.33. The summed E-state index contributed by atoms with van der Waals surface area (Å²) in [4.78, 5) is 23.6. The second-order valence-electron chi connectivity index (χ2n) is 4.30. The van der Waals surface area contributed by atoms with Crippen LogP contribution in [-0.4, -0.2) is 82.0 Å². The van der Waals surface area contributed by atoms with Crippen LogP contribution in [0.15, 0.2) is 12.2 Å². The van der Waals surface area contributed by atoms with Gasteiger partial charge in [0, 0.05) is 18.0 Å². The van der Waals surface area contributed by atoms with Crippen LogP contribution in [-0.2, 0) is 28.5 Å². The molecule has 0 aliphatic carbocycles. The average molecular weight is 336 g/mol. The van der Waals surface area contributed by atoms with E-state index < -0.39 is 0 Å². The number of hydrogen-bond acceptors (Lipinski definition) is 6. The molecule has 0 atom stereocenters. The normalized spacial score (nSPS) is 14.3. The zero-order valence-electron chi connectivity index (χ0n) is 12.5. The summed E-state index contributed by atoms with van der Waals surface area (Å²) < 4.78 is 21.0. The van der Waals surface area contributed by atoms with Crippen LogP contribution >= 0.6 is 11.6 Å². The lowest BCUT2D eigenvalue weighted by Gasteiger charge is -2.13. The molecule has 0 saturated heterocycles. The second kappa shape index (κ2) is 12.5. The van der Waals surface area contributed by atoms with Crippen molar-refractivity contribution in [3.8, 4) is 0 Å². The molecule has 0 N–H and O–H groups in total. The van der Waals surface area contributed by atoms with Gasteiger partial charge in [-0.15, -0.1) is 11.6 Å². The van der Waals surface area contributed by atoms with E-state index in [-0.39, 0.29) is 18.4 Å². The summed E-state index contributed by atoms with van der Waals surface area (Å²) in [6.07, 6.45) is 2.51. The maximum Gasteiger partial charge on any atom is 0.253 e. The Morgan fingerprint density at radius 1 is 0.727 bits per heavy atom. The highest BCUT2D eigenvalue weighted by atomic mass is 35.5. The quantitative estimate of drug-likeness (QED) is 0.257. The van der Waals surface area contributed by atoms with Gasteiger partial charge in [-0.1, -0.05) is 0 Å². The van der Waals surface area contributed by atoms with Crippen molar-refractivity contribution in [1.29, 1.82) is 0 Å². The van der Waals surface area contributed by atoms with E-state index in [1.165, 1.54) is 12.2 Å². The maximum atomic E-state index is 11.2. The largest absolute Gasteiger partial charge is 0.378 e. The highest BCUT2D eigenvalue weighted by Gasteiger charge is 2.22. The van der Waals surface area contributed by atoms with Crippen molar-refractivity contribution >= 4 is 23.4 Å². The van der Waals surface area contributed by atoms with Gasteiger partial charge in [-0.05, 0) is 0 Å². The average Bonchev–Trinajstić information content (AvgIpc) is 2.83. The standard InChI is InChI=1S/C14H22ClNO6/c15-3-5-19-7-9-21-11-12-22-10-8-20-6-4-16-13(17)1-2-14(16)18/h1-2H,3-12H2. The fraction of sp³-hybridized carbons (Fsp3) is 0.714. The van der Waals surface area contributed by atoms with E-state index in [2.05, 4.69) is 0 Å². The van der Waals surface area contributed by atoms with Gasteiger partial charge in [-0.3, -0.25) is 14.5 Å². The summed E-state index contributed by atoms with van der Waals surface area (Å²) in [5, 5.41) is 0. The first-order chi connectivity index (χ1) is 10.8. The molecule has 1 aliphatic heterocycles. The number of carbonyl (C=O) groups is 2.